The van der Waals surface area contributed by atoms with Crippen LogP contribution in [0.4, 0.5) is 0 Å². The number of aromatic amines is 1. The Kier molecular flexibility index (Phi) is 2.29. The third kappa shape index (κ3) is 1.53. The van der Waals surface area contributed by atoms with Crippen LogP contribution in [0.1, 0.15) is 6.92 Å². The standard InChI is InChI=1S/C7H10ClN3O2S/c1-5-3-11(4-5)14(12,13)6-2-9-7(8)10-6/h2,5H,3-4H2,1H3,(H,9,10). The van der Waals surface area contributed by atoms with Crippen molar-refractivity contribution in [3.05, 3.63) is 11.5 Å². The zero-order chi connectivity index (χ0) is 10.3. The van der Waals surface area contributed by atoms with E-state index in [1.54, 1.807) is 0 Å². The Bertz CT molecular complexity index is 436. The summed E-state index contributed by atoms with van der Waals surface area (Å²) in [6.45, 7) is 3.14. The summed E-state index contributed by atoms with van der Waals surface area (Å²) in [5.41, 5.74) is 0. The number of halogens is 1. The maximum absolute atomic E-state index is 11.8. The molecule has 0 bridgehead atoms. The predicted molar refractivity (Wildman–Crippen MR) is 51.5 cm³/mol. The molecular weight excluding hydrogens is 226 g/mol. The summed E-state index contributed by atoms with van der Waals surface area (Å²) >= 11 is 5.51. The molecule has 1 fully saturated rings. The van der Waals surface area contributed by atoms with Gasteiger partial charge in [0.15, 0.2) is 5.03 Å². The van der Waals surface area contributed by atoms with E-state index in [9.17, 15) is 8.42 Å². The average molecular weight is 236 g/mol. The molecule has 7 heteroatoms. The van der Waals surface area contributed by atoms with Gasteiger partial charge in [-0.2, -0.15) is 4.31 Å². The highest BCUT2D eigenvalue weighted by molar-refractivity contribution is 7.89. The lowest BCUT2D eigenvalue weighted by molar-refractivity contribution is 0.217. The summed E-state index contributed by atoms with van der Waals surface area (Å²) in [5, 5.41) is 0.159. The van der Waals surface area contributed by atoms with E-state index in [1.807, 2.05) is 6.92 Å². The fourth-order valence-corrected chi connectivity index (χ4v) is 3.19. The molecule has 1 N–H and O–H groups in total. The highest BCUT2D eigenvalue weighted by Crippen LogP contribution is 2.23. The number of aromatic nitrogens is 2. The van der Waals surface area contributed by atoms with Gasteiger partial charge in [0.1, 0.15) is 0 Å². The molecule has 0 radical (unpaired) electrons. The van der Waals surface area contributed by atoms with Gasteiger partial charge < -0.3 is 4.98 Å². The lowest BCUT2D eigenvalue weighted by Gasteiger charge is -2.35. The average Bonchev–Trinajstić information content (AvgIpc) is 2.46. The Hall–Kier alpha value is -0.590. The molecule has 2 rings (SSSR count). The van der Waals surface area contributed by atoms with E-state index >= 15 is 0 Å². The first kappa shape index (κ1) is 9.95. The van der Waals surface area contributed by atoms with Crippen molar-refractivity contribution in [2.24, 2.45) is 5.92 Å². The van der Waals surface area contributed by atoms with E-state index in [4.69, 9.17) is 11.6 Å². The smallest absolute Gasteiger partial charge is 0.260 e. The van der Waals surface area contributed by atoms with Gasteiger partial charge in [-0.05, 0) is 17.5 Å². The van der Waals surface area contributed by atoms with Crippen molar-refractivity contribution >= 4 is 21.6 Å². The molecular formula is C7H10ClN3O2S. The molecule has 0 aromatic carbocycles. The van der Waals surface area contributed by atoms with E-state index < -0.39 is 10.0 Å². The van der Waals surface area contributed by atoms with Gasteiger partial charge in [0.25, 0.3) is 10.0 Å². The molecule has 1 aromatic heterocycles. The molecule has 0 aliphatic carbocycles. The molecule has 0 saturated carbocycles. The van der Waals surface area contributed by atoms with E-state index in [2.05, 4.69) is 9.97 Å². The summed E-state index contributed by atoms with van der Waals surface area (Å²) in [7, 11) is -3.38. The topological polar surface area (TPSA) is 66.1 Å². The van der Waals surface area contributed by atoms with Gasteiger partial charge in [-0.25, -0.2) is 13.4 Å². The molecule has 0 unspecified atom stereocenters. The van der Waals surface area contributed by atoms with Crippen molar-refractivity contribution in [2.75, 3.05) is 13.1 Å². The monoisotopic (exact) mass is 235 g/mol. The van der Waals surface area contributed by atoms with Gasteiger partial charge in [0, 0.05) is 13.1 Å². The molecule has 0 amide bonds. The quantitative estimate of drug-likeness (QED) is 0.821. The Morgan fingerprint density at radius 3 is 2.71 bits per heavy atom. The Morgan fingerprint density at radius 1 is 1.64 bits per heavy atom. The fourth-order valence-electron chi connectivity index (χ4n) is 1.39. The predicted octanol–water partition coefficient (Wildman–Crippen LogP) is 0.704. The minimum absolute atomic E-state index is 0.0643. The van der Waals surface area contributed by atoms with Crippen LogP contribution in [0.5, 0.6) is 0 Å². The molecule has 14 heavy (non-hydrogen) atoms. The first-order valence-electron chi connectivity index (χ1n) is 4.21. The number of H-pyrrole nitrogens is 1. The molecule has 78 valence electrons. The van der Waals surface area contributed by atoms with Crippen LogP contribution in [0, 0.1) is 5.92 Å². The normalized spacial score (nSPS) is 19.6. The van der Waals surface area contributed by atoms with E-state index in [1.165, 1.54) is 10.5 Å². The maximum Gasteiger partial charge on any atom is 0.260 e. The SMILES string of the molecule is CC1CN(S(=O)(=O)c2cnc(Cl)[nH]2)C1. The van der Waals surface area contributed by atoms with E-state index in [-0.39, 0.29) is 10.3 Å². The van der Waals surface area contributed by atoms with Crippen molar-refractivity contribution in [2.45, 2.75) is 11.9 Å². The van der Waals surface area contributed by atoms with Crippen LogP contribution in [-0.4, -0.2) is 35.8 Å². The lowest BCUT2D eigenvalue weighted by atomic mass is 10.1. The number of hydrogen-bond donors (Lipinski definition) is 1. The van der Waals surface area contributed by atoms with Crippen molar-refractivity contribution in [3.8, 4) is 0 Å². The highest BCUT2D eigenvalue weighted by atomic mass is 35.5. The zero-order valence-corrected chi connectivity index (χ0v) is 9.14. The second kappa shape index (κ2) is 3.22. The Morgan fingerprint density at radius 2 is 2.29 bits per heavy atom. The summed E-state index contributed by atoms with van der Waals surface area (Å²) in [5.74, 6) is 0.433. The van der Waals surface area contributed by atoms with Gasteiger partial charge in [0.05, 0.1) is 6.20 Å². The minimum atomic E-state index is -3.38. The first-order chi connectivity index (χ1) is 6.50. The van der Waals surface area contributed by atoms with Gasteiger partial charge in [-0.15, -0.1) is 0 Å². The second-order valence-electron chi connectivity index (χ2n) is 3.47. The Labute approximate surface area is 87.1 Å². The molecule has 1 saturated heterocycles. The maximum atomic E-state index is 11.8. The molecule has 1 aliphatic rings. The molecule has 0 spiro atoms. The van der Waals surface area contributed by atoms with Gasteiger partial charge >= 0.3 is 0 Å². The van der Waals surface area contributed by atoms with E-state index in [0.29, 0.717) is 19.0 Å². The molecule has 1 aromatic rings. The summed E-state index contributed by atoms with van der Waals surface area (Å²) < 4.78 is 24.9. The Balaban J connectivity index is 2.25. The third-order valence-electron chi connectivity index (χ3n) is 2.17. The van der Waals surface area contributed by atoms with Crippen LogP contribution in [0.25, 0.3) is 0 Å². The number of rotatable bonds is 2. The van der Waals surface area contributed by atoms with Crippen molar-refractivity contribution in [1.29, 1.82) is 0 Å². The minimum Gasteiger partial charge on any atom is -0.319 e. The number of hydrogen-bond acceptors (Lipinski definition) is 3. The van der Waals surface area contributed by atoms with Crippen LogP contribution >= 0.6 is 11.6 Å². The number of nitrogens with zero attached hydrogens (tertiary/aromatic N) is 2. The third-order valence-corrected chi connectivity index (χ3v) is 4.10. The highest BCUT2D eigenvalue weighted by Gasteiger charge is 2.35. The zero-order valence-electron chi connectivity index (χ0n) is 7.57. The lowest BCUT2D eigenvalue weighted by Crippen LogP contribution is -2.48. The van der Waals surface area contributed by atoms with Gasteiger partial charge in [-0.3, -0.25) is 0 Å². The van der Waals surface area contributed by atoms with Crippen LogP contribution < -0.4 is 0 Å². The fraction of sp³-hybridized carbons (Fsp3) is 0.571. The number of sulfonamides is 1. The van der Waals surface area contributed by atoms with Crippen LogP contribution in [-0.2, 0) is 10.0 Å². The molecule has 1 aliphatic heterocycles. The van der Waals surface area contributed by atoms with Crippen LogP contribution in [0.15, 0.2) is 11.2 Å². The summed E-state index contributed by atoms with van der Waals surface area (Å²) in [4.78, 5) is 6.15. The molecule has 5 nitrogen and oxygen atoms in total. The van der Waals surface area contributed by atoms with Gasteiger partial charge in [-0.1, -0.05) is 6.92 Å². The second-order valence-corrected chi connectivity index (χ2v) is 5.73. The first-order valence-corrected chi connectivity index (χ1v) is 6.02. The van der Waals surface area contributed by atoms with E-state index in [0.717, 1.165) is 0 Å². The van der Waals surface area contributed by atoms with Crippen molar-refractivity contribution in [3.63, 3.8) is 0 Å². The van der Waals surface area contributed by atoms with Crippen molar-refractivity contribution in [1.82, 2.24) is 14.3 Å². The van der Waals surface area contributed by atoms with Crippen LogP contribution in [0.2, 0.25) is 5.28 Å². The molecule has 2 heterocycles. The number of nitrogens with one attached hydrogen (secondary N) is 1. The van der Waals surface area contributed by atoms with Crippen LogP contribution in [0.3, 0.4) is 0 Å². The van der Waals surface area contributed by atoms with Gasteiger partial charge in [0.2, 0.25) is 5.28 Å². The summed E-state index contributed by atoms with van der Waals surface area (Å²) in [6.07, 6.45) is 1.24. The molecule has 0 atom stereocenters. The number of imidazole rings is 1. The van der Waals surface area contributed by atoms with Crippen molar-refractivity contribution < 1.29 is 8.42 Å². The largest absolute Gasteiger partial charge is 0.319 e. The summed E-state index contributed by atoms with van der Waals surface area (Å²) in [6, 6.07) is 0.